The standard InChI is InChI=1S/C27H35N5O/c1-19(2)25-16-22(17-26-30-31-27(33-26)21-8-12-28-13-9-21)20(3)15-23(25)18-32(4)14-10-24-7-5-6-11-29-24/h5-9,11-13,15,19,22-23,25H,10,14,16-18H2,1-4H3. The average Bonchev–Trinajstić information content (AvgIpc) is 3.29. The van der Waals surface area contributed by atoms with Crippen molar-refractivity contribution in [1.82, 2.24) is 25.1 Å². The summed E-state index contributed by atoms with van der Waals surface area (Å²) in [6.45, 7) is 9.07. The first-order chi connectivity index (χ1) is 16.0. The van der Waals surface area contributed by atoms with E-state index in [1.807, 2.05) is 24.4 Å². The van der Waals surface area contributed by atoms with Gasteiger partial charge < -0.3 is 9.32 Å². The van der Waals surface area contributed by atoms with Gasteiger partial charge in [0.05, 0.1) is 0 Å². The number of allylic oxidation sites excluding steroid dienone is 1. The van der Waals surface area contributed by atoms with Gasteiger partial charge in [0.1, 0.15) is 0 Å². The SMILES string of the molecule is CC1=CC(CN(C)CCc2ccccn2)C(C(C)C)CC1Cc1nnc(-c2ccncc2)o1. The molecule has 0 aromatic carbocycles. The highest BCUT2D eigenvalue weighted by Gasteiger charge is 2.33. The fourth-order valence-corrected chi connectivity index (χ4v) is 4.95. The van der Waals surface area contributed by atoms with Crippen LogP contribution in [0, 0.1) is 23.7 Å². The summed E-state index contributed by atoms with van der Waals surface area (Å²) in [7, 11) is 2.23. The quantitative estimate of drug-likeness (QED) is 0.427. The number of aromatic nitrogens is 4. The fourth-order valence-electron chi connectivity index (χ4n) is 4.95. The highest BCUT2D eigenvalue weighted by atomic mass is 16.4. The monoisotopic (exact) mass is 445 g/mol. The third-order valence-electron chi connectivity index (χ3n) is 6.90. The van der Waals surface area contributed by atoms with E-state index in [1.165, 1.54) is 5.57 Å². The maximum absolute atomic E-state index is 5.99. The summed E-state index contributed by atoms with van der Waals surface area (Å²) in [5.74, 6) is 3.55. The number of pyridine rings is 2. The predicted molar refractivity (Wildman–Crippen MR) is 130 cm³/mol. The Morgan fingerprint density at radius 1 is 1.09 bits per heavy atom. The van der Waals surface area contributed by atoms with Crippen LogP contribution in [0.5, 0.6) is 0 Å². The molecule has 0 aliphatic heterocycles. The van der Waals surface area contributed by atoms with E-state index in [9.17, 15) is 0 Å². The molecule has 0 fully saturated rings. The lowest BCUT2D eigenvalue weighted by molar-refractivity contribution is 0.176. The van der Waals surface area contributed by atoms with E-state index in [-0.39, 0.29) is 0 Å². The van der Waals surface area contributed by atoms with Gasteiger partial charge in [0.25, 0.3) is 0 Å². The summed E-state index contributed by atoms with van der Waals surface area (Å²) in [5, 5.41) is 8.59. The van der Waals surface area contributed by atoms with E-state index in [2.05, 4.69) is 71.1 Å². The predicted octanol–water partition coefficient (Wildman–Crippen LogP) is 5.10. The molecule has 3 aromatic heterocycles. The molecule has 0 amide bonds. The van der Waals surface area contributed by atoms with Gasteiger partial charge in [-0.25, -0.2) is 0 Å². The molecule has 174 valence electrons. The minimum absolute atomic E-state index is 0.443. The van der Waals surface area contributed by atoms with Gasteiger partial charge in [-0.3, -0.25) is 9.97 Å². The second-order valence-electron chi connectivity index (χ2n) is 9.69. The highest BCUT2D eigenvalue weighted by Crippen LogP contribution is 2.39. The van der Waals surface area contributed by atoms with Gasteiger partial charge in [-0.15, -0.1) is 10.2 Å². The molecular formula is C27H35N5O. The molecule has 4 rings (SSSR count). The molecule has 0 N–H and O–H groups in total. The van der Waals surface area contributed by atoms with E-state index in [0.29, 0.717) is 35.5 Å². The molecule has 6 heteroatoms. The van der Waals surface area contributed by atoms with Crippen LogP contribution in [0.3, 0.4) is 0 Å². The molecule has 3 unspecified atom stereocenters. The summed E-state index contributed by atoms with van der Waals surface area (Å²) in [6, 6.07) is 9.94. The largest absolute Gasteiger partial charge is 0.421 e. The zero-order valence-corrected chi connectivity index (χ0v) is 20.2. The Morgan fingerprint density at radius 2 is 1.91 bits per heavy atom. The van der Waals surface area contributed by atoms with Crippen molar-refractivity contribution in [2.75, 3.05) is 20.1 Å². The summed E-state index contributed by atoms with van der Waals surface area (Å²) in [5.41, 5.74) is 3.51. The van der Waals surface area contributed by atoms with Gasteiger partial charge in [0.2, 0.25) is 11.8 Å². The van der Waals surface area contributed by atoms with Crippen molar-refractivity contribution in [3.63, 3.8) is 0 Å². The molecule has 0 bridgehead atoms. The lowest BCUT2D eigenvalue weighted by Crippen LogP contribution is -2.36. The van der Waals surface area contributed by atoms with Crippen LogP contribution < -0.4 is 0 Å². The summed E-state index contributed by atoms with van der Waals surface area (Å²) in [4.78, 5) is 11.0. The van der Waals surface area contributed by atoms with Crippen LogP contribution >= 0.6 is 0 Å². The molecule has 0 spiro atoms. The second-order valence-corrected chi connectivity index (χ2v) is 9.69. The minimum Gasteiger partial charge on any atom is -0.421 e. The topological polar surface area (TPSA) is 67.9 Å². The van der Waals surface area contributed by atoms with Gasteiger partial charge in [-0.2, -0.15) is 0 Å². The summed E-state index contributed by atoms with van der Waals surface area (Å²) >= 11 is 0. The first-order valence-corrected chi connectivity index (χ1v) is 12.0. The van der Waals surface area contributed by atoms with Crippen molar-refractivity contribution >= 4 is 0 Å². The number of hydrogen-bond acceptors (Lipinski definition) is 6. The van der Waals surface area contributed by atoms with Gasteiger partial charge in [0.15, 0.2) is 0 Å². The molecule has 1 aliphatic rings. The van der Waals surface area contributed by atoms with Crippen LogP contribution in [0.25, 0.3) is 11.5 Å². The smallest absolute Gasteiger partial charge is 0.247 e. The Balaban J connectivity index is 1.39. The minimum atomic E-state index is 0.443. The third kappa shape index (κ3) is 6.14. The van der Waals surface area contributed by atoms with Crippen LogP contribution in [0.15, 0.2) is 65.0 Å². The number of rotatable bonds is 9. The fraction of sp³-hybridized carbons (Fsp3) is 0.481. The number of likely N-dealkylation sites (N-methyl/N-ethyl adjacent to an activating group) is 1. The number of hydrogen-bond donors (Lipinski definition) is 0. The number of nitrogens with zero attached hydrogens (tertiary/aromatic N) is 5. The molecule has 1 aliphatic carbocycles. The normalized spacial score (nSPS) is 20.9. The van der Waals surface area contributed by atoms with Crippen LogP contribution in [0.1, 0.15) is 38.8 Å². The van der Waals surface area contributed by atoms with E-state index in [4.69, 9.17) is 4.42 Å². The van der Waals surface area contributed by atoms with Gasteiger partial charge in [0, 0.05) is 55.8 Å². The Bertz CT molecular complexity index is 1030. The second kappa shape index (κ2) is 10.8. The average molecular weight is 446 g/mol. The molecule has 3 aromatic rings. The van der Waals surface area contributed by atoms with Crippen LogP contribution in [0.2, 0.25) is 0 Å². The molecule has 0 saturated heterocycles. The summed E-state index contributed by atoms with van der Waals surface area (Å²) < 4.78 is 5.99. The molecule has 3 heterocycles. The van der Waals surface area contributed by atoms with Gasteiger partial charge in [-0.1, -0.05) is 31.6 Å². The van der Waals surface area contributed by atoms with Gasteiger partial charge in [-0.05, 0) is 68.3 Å². The Kier molecular flexibility index (Phi) is 7.65. The Morgan fingerprint density at radius 3 is 2.64 bits per heavy atom. The maximum Gasteiger partial charge on any atom is 0.247 e. The summed E-state index contributed by atoms with van der Waals surface area (Å²) in [6.07, 6.45) is 10.8. The highest BCUT2D eigenvalue weighted by molar-refractivity contribution is 5.50. The molecule has 6 nitrogen and oxygen atoms in total. The van der Waals surface area contributed by atoms with Crippen molar-refractivity contribution in [2.24, 2.45) is 23.7 Å². The Hall–Kier alpha value is -2.86. The third-order valence-corrected chi connectivity index (χ3v) is 6.90. The van der Waals surface area contributed by atoms with Crippen molar-refractivity contribution in [3.8, 4) is 11.5 Å². The van der Waals surface area contributed by atoms with Gasteiger partial charge >= 0.3 is 0 Å². The molecular weight excluding hydrogens is 410 g/mol. The lowest BCUT2D eigenvalue weighted by atomic mass is 9.69. The lowest BCUT2D eigenvalue weighted by Gasteiger charge is -2.38. The molecule has 33 heavy (non-hydrogen) atoms. The van der Waals surface area contributed by atoms with E-state index < -0.39 is 0 Å². The van der Waals surface area contributed by atoms with Crippen molar-refractivity contribution in [3.05, 3.63) is 72.2 Å². The van der Waals surface area contributed by atoms with E-state index >= 15 is 0 Å². The van der Waals surface area contributed by atoms with Crippen LogP contribution in [-0.2, 0) is 12.8 Å². The maximum atomic E-state index is 5.99. The molecule has 3 atom stereocenters. The molecule has 0 saturated carbocycles. The zero-order chi connectivity index (χ0) is 23.2. The first-order valence-electron chi connectivity index (χ1n) is 12.0. The zero-order valence-electron chi connectivity index (χ0n) is 20.2. The van der Waals surface area contributed by atoms with Crippen LogP contribution in [0.4, 0.5) is 0 Å². The van der Waals surface area contributed by atoms with Crippen LogP contribution in [-0.4, -0.2) is 45.2 Å². The van der Waals surface area contributed by atoms with E-state index in [1.54, 1.807) is 12.4 Å². The van der Waals surface area contributed by atoms with Crippen molar-refractivity contribution in [1.29, 1.82) is 0 Å². The van der Waals surface area contributed by atoms with Crippen molar-refractivity contribution < 1.29 is 4.42 Å². The molecule has 0 radical (unpaired) electrons. The van der Waals surface area contributed by atoms with Crippen molar-refractivity contribution in [2.45, 2.75) is 40.0 Å². The first kappa shape index (κ1) is 23.3. The Labute approximate surface area is 197 Å². The van der Waals surface area contributed by atoms with E-state index in [0.717, 1.165) is 43.6 Å².